The van der Waals surface area contributed by atoms with Crippen LogP contribution in [0.5, 0.6) is 5.75 Å². The minimum atomic E-state index is -3.97. The third-order valence-electron chi connectivity index (χ3n) is 4.78. The molecule has 3 aromatic carbocycles. The largest absolute Gasteiger partial charge is 0.496 e. The van der Waals surface area contributed by atoms with E-state index in [9.17, 15) is 13.2 Å². The first-order chi connectivity index (χ1) is 15.8. The van der Waals surface area contributed by atoms with Crippen molar-refractivity contribution in [3.05, 3.63) is 94.5 Å². The van der Waals surface area contributed by atoms with Crippen LogP contribution in [-0.4, -0.2) is 38.5 Å². The lowest BCUT2D eigenvalue weighted by Crippen LogP contribution is -2.39. The maximum Gasteiger partial charge on any atom is 0.255 e. The first-order valence-electron chi connectivity index (χ1n) is 10.1. The number of methoxy groups -OCH3 is 1. The third-order valence-corrected chi connectivity index (χ3v) is 6.84. The molecule has 3 aromatic rings. The molecule has 0 atom stereocenters. The molecule has 172 valence electrons. The van der Waals surface area contributed by atoms with Gasteiger partial charge >= 0.3 is 0 Å². The molecule has 0 aliphatic carbocycles. The fraction of sp³-hybridized carbons (Fsp3) is 0.167. The second-order valence-corrected chi connectivity index (χ2v) is 9.62. The van der Waals surface area contributed by atoms with E-state index in [-0.39, 0.29) is 11.4 Å². The Balaban J connectivity index is 1.79. The molecule has 0 spiro atoms. The number of carbonyl (C=O) groups excluding carboxylic acids is 1. The molecule has 0 unspecified atom stereocenters. The molecule has 1 amide bonds. The molecule has 0 aliphatic rings. The van der Waals surface area contributed by atoms with E-state index in [1.807, 2.05) is 43.3 Å². The number of sulfonamides is 1. The summed E-state index contributed by atoms with van der Waals surface area (Å²) in [4.78, 5) is 12.6. The van der Waals surface area contributed by atoms with Gasteiger partial charge in [-0.25, -0.2) is 13.8 Å². The van der Waals surface area contributed by atoms with Gasteiger partial charge in [0.25, 0.3) is 5.91 Å². The van der Waals surface area contributed by atoms with Gasteiger partial charge in [0.15, 0.2) is 0 Å². The van der Waals surface area contributed by atoms with Gasteiger partial charge in [0.1, 0.15) is 5.75 Å². The van der Waals surface area contributed by atoms with Crippen LogP contribution in [0, 0.1) is 6.92 Å². The molecule has 0 saturated heterocycles. The number of hydrazone groups is 1. The average molecular weight is 486 g/mol. The number of ether oxygens (including phenoxy) is 1. The van der Waals surface area contributed by atoms with Crippen LogP contribution in [-0.2, 0) is 21.4 Å². The summed E-state index contributed by atoms with van der Waals surface area (Å²) in [5, 5.41) is 4.36. The molecule has 0 fully saturated rings. The van der Waals surface area contributed by atoms with Crippen LogP contribution in [0.1, 0.15) is 16.7 Å². The molecule has 7 nitrogen and oxygen atoms in total. The Kier molecular flexibility index (Phi) is 8.21. The zero-order valence-electron chi connectivity index (χ0n) is 18.2. The molecule has 9 heteroatoms. The van der Waals surface area contributed by atoms with E-state index >= 15 is 0 Å². The van der Waals surface area contributed by atoms with Gasteiger partial charge in [0.2, 0.25) is 10.0 Å². The van der Waals surface area contributed by atoms with E-state index < -0.39 is 22.5 Å². The second kappa shape index (κ2) is 11.1. The van der Waals surface area contributed by atoms with Gasteiger partial charge in [-0.1, -0.05) is 53.6 Å². The topological polar surface area (TPSA) is 88.1 Å². The third kappa shape index (κ3) is 6.64. The SMILES string of the molecule is COc1ccccc1/C=N\NC(=O)CN(Cc1ccc(C)cc1)S(=O)(=O)c1ccc(Cl)cc1. The van der Waals surface area contributed by atoms with Crippen LogP contribution >= 0.6 is 11.6 Å². The van der Waals surface area contributed by atoms with Gasteiger partial charge in [-0.15, -0.1) is 0 Å². The molecule has 0 bridgehead atoms. The van der Waals surface area contributed by atoms with Gasteiger partial charge in [0.05, 0.1) is 24.8 Å². The zero-order valence-corrected chi connectivity index (χ0v) is 19.8. The Bertz CT molecular complexity index is 1230. The normalized spacial score (nSPS) is 11.6. The van der Waals surface area contributed by atoms with E-state index in [1.165, 1.54) is 37.6 Å². The van der Waals surface area contributed by atoms with E-state index in [0.717, 1.165) is 15.4 Å². The number of aryl methyl sites for hydroxylation is 1. The number of amides is 1. The van der Waals surface area contributed by atoms with Gasteiger partial charge in [-0.3, -0.25) is 4.79 Å². The van der Waals surface area contributed by atoms with Crippen molar-refractivity contribution in [2.75, 3.05) is 13.7 Å². The summed E-state index contributed by atoms with van der Waals surface area (Å²) in [7, 11) is -2.43. The summed E-state index contributed by atoms with van der Waals surface area (Å²) in [5.41, 5.74) is 4.86. The molecule has 0 aromatic heterocycles. The summed E-state index contributed by atoms with van der Waals surface area (Å²) < 4.78 is 32.9. The van der Waals surface area contributed by atoms with Crippen molar-refractivity contribution in [2.24, 2.45) is 5.10 Å². The van der Waals surface area contributed by atoms with E-state index in [4.69, 9.17) is 16.3 Å². The second-order valence-electron chi connectivity index (χ2n) is 7.25. The minimum Gasteiger partial charge on any atom is -0.496 e. The smallest absolute Gasteiger partial charge is 0.255 e. The number of nitrogens with one attached hydrogen (secondary N) is 1. The van der Waals surface area contributed by atoms with Crippen LogP contribution in [0.2, 0.25) is 5.02 Å². The first kappa shape index (κ1) is 24.4. The van der Waals surface area contributed by atoms with E-state index in [1.54, 1.807) is 12.1 Å². The summed E-state index contributed by atoms with van der Waals surface area (Å²) in [5.74, 6) is 0.0209. The van der Waals surface area contributed by atoms with Crippen LogP contribution in [0.3, 0.4) is 0 Å². The van der Waals surface area contributed by atoms with Gasteiger partial charge in [-0.2, -0.15) is 9.41 Å². The summed E-state index contributed by atoms with van der Waals surface area (Å²) in [6.07, 6.45) is 1.44. The van der Waals surface area contributed by atoms with Crippen LogP contribution in [0.4, 0.5) is 0 Å². The molecule has 0 radical (unpaired) electrons. The van der Waals surface area contributed by atoms with Crippen molar-refractivity contribution in [2.45, 2.75) is 18.4 Å². The minimum absolute atomic E-state index is 0.0227. The highest BCUT2D eigenvalue weighted by Gasteiger charge is 2.27. The average Bonchev–Trinajstić information content (AvgIpc) is 2.80. The number of hydrogen-bond acceptors (Lipinski definition) is 5. The molecule has 33 heavy (non-hydrogen) atoms. The Hall–Kier alpha value is -3.20. The Labute approximate surface area is 198 Å². The Morgan fingerprint density at radius 3 is 2.39 bits per heavy atom. The predicted molar refractivity (Wildman–Crippen MR) is 129 cm³/mol. The number of halogens is 1. The van der Waals surface area contributed by atoms with Crippen LogP contribution in [0.15, 0.2) is 82.8 Å². The lowest BCUT2D eigenvalue weighted by Gasteiger charge is -2.21. The van der Waals surface area contributed by atoms with E-state index in [2.05, 4.69) is 10.5 Å². The zero-order chi connectivity index (χ0) is 23.8. The van der Waals surface area contributed by atoms with Crippen LogP contribution < -0.4 is 10.2 Å². The Morgan fingerprint density at radius 2 is 1.73 bits per heavy atom. The van der Waals surface area contributed by atoms with Crippen molar-refractivity contribution >= 4 is 33.7 Å². The van der Waals surface area contributed by atoms with Crippen molar-refractivity contribution < 1.29 is 17.9 Å². The highest BCUT2D eigenvalue weighted by molar-refractivity contribution is 7.89. The van der Waals surface area contributed by atoms with Crippen molar-refractivity contribution in [3.63, 3.8) is 0 Å². The van der Waals surface area contributed by atoms with Crippen molar-refractivity contribution in [1.29, 1.82) is 0 Å². The number of para-hydroxylation sites is 1. The number of hydrogen-bond donors (Lipinski definition) is 1. The summed E-state index contributed by atoms with van der Waals surface area (Å²) in [6.45, 7) is 1.55. The van der Waals surface area contributed by atoms with Crippen molar-refractivity contribution in [3.8, 4) is 5.75 Å². The van der Waals surface area contributed by atoms with Gasteiger partial charge < -0.3 is 4.74 Å². The lowest BCUT2D eigenvalue weighted by atomic mass is 10.1. The van der Waals surface area contributed by atoms with Crippen molar-refractivity contribution in [1.82, 2.24) is 9.73 Å². The maximum absolute atomic E-state index is 13.3. The molecule has 0 saturated carbocycles. The molecule has 0 heterocycles. The quantitative estimate of drug-likeness (QED) is 0.366. The van der Waals surface area contributed by atoms with Gasteiger partial charge in [0, 0.05) is 17.1 Å². The number of nitrogens with zero attached hydrogens (tertiary/aromatic N) is 2. The molecular formula is C24H24ClN3O4S. The summed E-state index contributed by atoms with van der Waals surface area (Å²) >= 11 is 5.90. The predicted octanol–water partition coefficient (Wildman–Crippen LogP) is 4.00. The molecule has 1 N–H and O–H groups in total. The highest BCUT2D eigenvalue weighted by atomic mass is 35.5. The fourth-order valence-electron chi connectivity index (χ4n) is 3.02. The van der Waals surface area contributed by atoms with Crippen LogP contribution in [0.25, 0.3) is 0 Å². The number of carbonyl (C=O) groups is 1. The summed E-state index contributed by atoms with van der Waals surface area (Å²) in [6, 6.07) is 20.4. The maximum atomic E-state index is 13.3. The first-order valence-corrected chi connectivity index (χ1v) is 11.9. The lowest BCUT2D eigenvalue weighted by molar-refractivity contribution is -0.121. The number of benzene rings is 3. The highest BCUT2D eigenvalue weighted by Crippen LogP contribution is 2.21. The monoisotopic (exact) mass is 485 g/mol. The Morgan fingerprint density at radius 1 is 1.06 bits per heavy atom. The van der Waals surface area contributed by atoms with Gasteiger partial charge in [-0.05, 0) is 48.9 Å². The molecule has 3 rings (SSSR count). The molecular weight excluding hydrogens is 462 g/mol. The molecule has 0 aliphatic heterocycles. The van der Waals surface area contributed by atoms with E-state index in [0.29, 0.717) is 16.3 Å². The number of rotatable bonds is 9. The fourth-order valence-corrected chi connectivity index (χ4v) is 4.53. The standard InChI is InChI=1S/C24H24ClN3O4S/c1-18-7-9-19(10-8-18)16-28(33(30,31)22-13-11-21(25)12-14-22)17-24(29)27-26-15-20-5-3-4-6-23(20)32-2/h3-15H,16-17H2,1-2H3,(H,27,29)/b26-15-.